The van der Waals surface area contributed by atoms with Crippen LogP contribution in [-0.4, -0.2) is 18.0 Å². The number of hydrogen-bond acceptors (Lipinski definition) is 2. The molecule has 0 aromatic heterocycles. The van der Waals surface area contributed by atoms with Gasteiger partial charge < -0.3 is 5.32 Å². The third kappa shape index (κ3) is 4.63. The molecule has 0 saturated heterocycles. The second-order valence-electron chi connectivity index (χ2n) is 5.28. The van der Waals surface area contributed by atoms with E-state index in [-0.39, 0.29) is 29.8 Å². The Morgan fingerprint density at radius 3 is 2.37 bits per heavy atom. The summed E-state index contributed by atoms with van der Waals surface area (Å²) >= 11 is 0. The van der Waals surface area contributed by atoms with Crippen LogP contribution in [0.25, 0.3) is 0 Å². The van der Waals surface area contributed by atoms with Gasteiger partial charge in [-0.2, -0.15) is 0 Å². The zero-order valence-electron chi connectivity index (χ0n) is 12.3. The highest BCUT2D eigenvalue weighted by Gasteiger charge is 2.17. The predicted octanol–water partition coefficient (Wildman–Crippen LogP) is 2.70. The number of rotatable bonds is 5. The molecule has 0 spiro atoms. The highest BCUT2D eigenvalue weighted by molar-refractivity contribution is 5.81. The van der Waals surface area contributed by atoms with Crippen LogP contribution in [0, 0.1) is 12.7 Å². The molecule has 0 radical (unpaired) electrons. The zero-order chi connectivity index (χ0) is 14.6. The largest absolute Gasteiger partial charge is 0.353 e. The normalized spacial score (nSPS) is 14.3. The first kappa shape index (κ1) is 15.6. The summed E-state index contributed by atoms with van der Waals surface area (Å²) < 4.78 is 13.5. The molecule has 3 nitrogen and oxygen atoms in total. The van der Waals surface area contributed by atoms with Crippen molar-refractivity contribution in [1.82, 2.24) is 10.6 Å². The molecule has 0 bridgehead atoms. The summed E-state index contributed by atoms with van der Waals surface area (Å²) in [5.74, 6) is -0.264. The molecule has 4 heteroatoms. The topological polar surface area (TPSA) is 41.1 Å². The number of carbonyl (C=O) groups excluding carboxylic acids is 1. The number of hydrogen-bond donors (Lipinski definition) is 2. The molecule has 1 aromatic carbocycles. The summed E-state index contributed by atoms with van der Waals surface area (Å²) in [6, 6.07) is 4.86. The van der Waals surface area contributed by atoms with Gasteiger partial charge in [0, 0.05) is 12.1 Å². The highest BCUT2D eigenvalue weighted by atomic mass is 19.1. The molecule has 0 heterocycles. The first-order chi connectivity index (χ1) is 8.81. The van der Waals surface area contributed by atoms with Crippen molar-refractivity contribution in [3.05, 3.63) is 35.1 Å². The lowest BCUT2D eigenvalue weighted by molar-refractivity contribution is -0.123. The average Bonchev–Trinajstić information content (AvgIpc) is 2.31. The first-order valence-corrected chi connectivity index (χ1v) is 6.63. The molecule has 106 valence electrons. The Hall–Kier alpha value is -1.42. The number of amides is 1. The van der Waals surface area contributed by atoms with Gasteiger partial charge >= 0.3 is 0 Å². The maximum Gasteiger partial charge on any atom is 0.237 e. The summed E-state index contributed by atoms with van der Waals surface area (Å²) in [7, 11) is 0. The van der Waals surface area contributed by atoms with E-state index >= 15 is 0 Å². The average molecular weight is 266 g/mol. The summed E-state index contributed by atoms with van der Waals surface area (Å²) in [5, 5.41) is 6.01. The van der Waals surface area contributed by atoms with Gasteiger partial charge in [-0.05, 0) is 51.8 Å². The van der Waals surface area contributed by atoms with Crippen molar-refractivity contribution in [2.45, 2.75) is 52.7 Å². The lowest BCUT2D eigenvalue weighted by Crippen LogP contribution is -2.45. The number of halogens is 1. The van der Waals surface area contributed by atoms with E-state index in [1.807, 2.05) is 26.8 Å². The molecule has 2 atom stereocenters. The van der Waals surface area contributed by atoms with Gasteiger partial charge in [-0.15, -0.1) is 0 Å². The fourth-order valence-corrected chi connectivity index (χ4v) is 1.83. The molecule has 0 aliphatic rings. The van der Waals surface area contributed by atoms with E-state index in [0.717, 1.165) is 5.56 Å². The second-order valence-corrected chi connectivity index (χ2v) is 5.28. The van der Waals surface area contributed by atoms with Crippen molar-refractivity contribution in [2.24, 2.45) is 0 Å². The van der Waals surface area contributed by atoms with E-state index in [0.29, 0.717) is 5.56 Å². The molecule has 1 aromatic rings. The fourth-order valence-electron chi connectivity index (χ4n) is 1.83. The van der Waals surface area contributed by atoms with Crippen molar-refractivity contribution in [3.8, 4) is 0 Å². The molecule has 0 aliphatic heterocycles. The van der Waals surface area contributed by atoms with Crippen LogP contribution in [0.2, 0.25) is 0 Å². The number of nitrogens with one attached hydrogen (secondary N) is 2. The Labute approximate surface area is 114 Å². The third-order valence-corrected chi connectivity index (χ3v) is 3.02. The van der Waals surface area contributed by atoms with Gasteiger partial charge in [0.25, 0.3) is 0 Å². The van der Waals surface area contributed by atoms with E-state index in [9.17, 15) is 9.18 Å². The van der Waals surface area contributed by atoms with Gasteiger partial charge in [-0.25, -0.2) is 4.39 Å². The SMILES string of the molecule is Cc1ccc(C(C)NC(C)C(=O)NC(C)C)cc1F. The minimum Gasteiger partial charge on any atom is -0.353 e. The Balaban J connectivity index is 2.65. The van der Waals surface area contributed by atoms with Gasteiger partial charge in [0.05, 0.1) is 6.04 Å². The standard InChI is InChI=1S/C15H23FN2O/c1-9(2)17-15(19)12(5)18-11(4)13-7-6-10(3)14(16)8-13/h6-9,11-12,18H,1-5H3,(H,17,19). The monoisotopic (exact) mass is 266 g/mol. The molecule has 0 saturated carbocycles. The van der Waals surface area contributed by atoms with Gasteiger partial charge in [-0.3, -0.25) is 10.1 Å². The van der Waals surface area contributed by atoms with Crippen LogP contribution in [0.15, 0.2) is 18.2 Å². The Kier molecular flexibility index (Phi) is 5.48. The van der Waals surface area contributed by atoms with Crippen LogP contribution in [0.4, 0.5) is 4.39 Å². The van der Waals surface area contributed by atoms with Crippen molar-refractivity contribution in [2.75, 3.05) is 0 Å². The Bertz CT molecular complexity index is 446. The summed E-state index contributed by atoms with van der Waals surface area (Å²) in [4.78, 5) is 11.8. The van der Waals surface area contributed by atoms with Crippen LogP contribution >= 0.6 is 0 Å². The summed E-state index contributed by atoms with van der Waals surface area (Å²) in [5.41, 5.74) is 1.47. The molecular weight excluding hydrogens is 243 g/mol. The molecule has 0 aliphatic carbocycles. The summed E-state index contributed by atoms with van der Waals surface area (Å²) in [6.07, 6.45) is 0. The highest BCUT2D eigenvalue weighted by Crippen LogP contribution is 2.16. The van der Waals surface area contributed by atoms with E-state index < -0.39 is 0 Å². The van der Waals surface area contributed by atoms with Crippen molar-refractivity contribution < 1.29 is 9.18 Å². The molecule has 19 heavy (non-hydrogen) atoms. The first-order valence-electron chi connectivity index (χ1n) is 6.63. The zero-order valence-corrected chi connectivity index (χ0v) is 12.3. The molecule has 1 rings (SSSR count). The van der Waals surface area contributed by atoms with Crippen molar-refractivity contribution in [1.29, 1.82) is 0 Å². The molecular formula is C15H23FN2O. The number of carbonyl (C=O) groups is 1. The van der Waals surface area contributed by atoms with Crippen LogP contribution in [-0.2, 0) is 4.79 Å². The lowest BCUT2D eigenvalue weighted by Gasteiger charge is -2.21. The summed E-state index contributed by atoms with van der Waals surface area (Å²) in [6.45, 7) is 9.30. The van der Waals surface area contributed by atoms with E-state index in [2.05, 4.69) is 10.6 Å². The Morgan fingerprint density at radius 1 is 1.21 bits per heavy atom. The van der Waals surface area contributed by atoms with Gasteiger partial charge in [0.15, 0.2) is 0 Å². The molecule has 0 fully saturated rings. The molecule has 2 unspecified atom stereocenters. The van der Waals surface area contributed by atoms with Gasteiger partial charge in [0.1, 0.15) is 5.82 Å². The van der Waals surface area contributed by atoms with E-state index in [1.165, 1.54) is 6.07 Å². The van der Waals surface area contributed by atoms with Gasteiger partial charge in [-0.1, -0.05) is 12.1 Å². The van der Waals surface area contributed by atoms with Crippen LogP contribution in [0.5, 0.6) is 0 Å². The van der Waals surface area contributed by atoms with Crippen LogP contribution in [0.1, 0.15) is 44.9 Å². The second kappa shape index (κ2) is 6.66. The van der Waals surface area contributed by atoms with Crippen molar-refractivity contribution >= 4 is 5.91 Å². The van der Waals surface area contributed by atoms with Crippen molar-refractivity contribution in [3.63, 3.8) is 0 Å². The van der Waals surface area contributed by atoms with Crippen LogP contribution in [0.3, 0.4) is 0 Å². The number of benzene rings is 1. The minimum atomic E-state index is -0.318. The maximum atomic E-state index is 13.5. The van der Waals surface area contributed by atoms with E-state index in [1.54, 1.807) is 19.9 Å². The molecule has 1 amide bonds. The van der Waals surface area contributed by atoms with E-state index in [4.69, 9.17) is 0 Å². The maximum absolute atomic E-state index is 13.5. The quantitative estimate of drug-likeness (QED) is 0.860. The molecule has 2 N–H and O–H groups in total. The predicted molar refractivity (Wildman–Crippen MR) is 75.4 cm³/mol. The third-order valence-electron chi connectivity index (χ3n) is 3.02. The Morgan fingerprint density at radius 2 is 1.84 bits per heavy atom. The van der Waals surface area contributed by atoms with Crippen LogP contribution < -0.4 is 10.6 Å². The fraction of sp³-hybridized carbons (Fsp3) is 0.533. The minimum absolute atomic E-state index is 0.0468. The smallest absolute Gasteiger partial charge is 0.237 e. The lowest BCUT2D eigenvalue weighted by atomic mass is 10.1. The van der Waals surface area contributed by atoms with Gasteiger partial charge in [0.2, 0.25) is 5.91 Å². The number of aryl methyl sites for hydroxylation is 1.